The van der Waals surface area contributed by atoms with Gasteiger partial charge in [0.1, 0.15) is 0 Å². The molecular formula is C8H14O. The van der Waals surface area contributed by atoms with Gasteiger partial charge in [-0.25, -0.2) is 0 Å². The van der Waals surface area contributed by atoms with Crippen LogP contribution in [0, 0.1) is 17.8 Å². The Kier molecular flexibility index (Phi) is 1.26. The zero-order chi connectivity index (χ0) is 6.27. The Morgan fingerprint density at radius 1 is 1.33 bits per heavy atom. The summed E-state index contributed by atoms with van der Waals surface area (Å²) >= 11 is 0. The lowest BCUT2D eigenvalue weighted by atomic mass is 9.63. The molecule has 0 aromatic carbocycles. The van der Waals surface area contributed by atoms with Crippen molar-refractivity contribution in [2.45, 2.75) is 19.8 Å². The maximum absolute atomic E-state index is 5.36. The van der Waals surface area contributed by atoms with Gasteiger partial charge in [0.15, 0.2) is 0 Å². The summed E-state index contributed by atoms with van der Waals surface area (Å²) in [4.78, 5) is 0. The van der Waals surface area contributed by atoms with E-state index in [9.17, 15) is 0 Å². The van der Waals surface area contributed by atoms with Crippen LogP contribution in [0.25, 0.3) is 0 Å². The van der Waals surface area contributed by atoms with Crippen LogP contribution < -0.4 is 0 Å². The fourth-order valence-corrected chi connectivity index (χ4v) is 2.35. The first-order valence-corrected chi connectivity index (χ1v) is 3.99. The van der Waals surface area contributed by atoms with Gasteiger partial charge in [-0.05, 0) is 24.2 Å². The molecule has 52 valence electrons. The lowest BCUT2D eigenvalue weighted by Crippen LogP contribution is -2.46. The van der Waals surface area contributed by atoms with Crippen molar-refractivity contribution in [3.63, 3.8) is 0 Å². The van der Waals surface area contributed by atoms with E-state index in [1.807, 2.05) is 0 Å². The van der Waals surface area contributed by atoms with E-state index in [1.165, 1.54) is 12.8 Å². The van der Waals surface area contributed by atoms with Crippen molar-refractivity contribution >= 4 is 0 Å². The molecule has 2 bridgehead atoms. The van der Waals surface area contributed by atoms with Gasteiger partial charge in [-0.1, -0.05) is 13.3 Å². The largest absolute Gasteiger partial charge is 0.381 e. The zero-order valence-corrected chi connectivity index (χ0v) is 5.97. The van der Waals surface area contributed by atoms with Gasteiger partial charge >= 0.3 is 0 Å². The van der Waals surface area contributed by atoms with Gasteiger partial charge in [-0.2, -0.15) is 0 Å². The molecule has 2 aliphatic heterocycles. The zero-order valence-electron chi connectivity index (χ0n) is 5.97. The minimum absolute atomic E-state index is 0.939. The summed E-state index contributed by atoms with van der Waals surface area (Å²) in [5.74, 6) is 2.90. The molecule has 3 rings (SSSR count). The standard InChI is InChI=1S/C8H14O/c1-2-8-6-3-7(8)5-9-4-6/h6-8H,2-5H2,1H3. The van der Waals surface area contributed by atoms with E-state index < -0.39 is 0 Å². The summed E-state index contributed by atoms with van der Waals surface area (Å²) in [6.45, 7) is 4.40. The molecule has 2 atom stereocenters. The van der Waals surface area contributed by atoms with Crippen molar-refractivity contribution in [3.8, 4) is 0 Å². The van der Waals surface area contributed by atoms with Crippen LogP contribution >= 0.6 is 0 Å². The molecule has 1 saturated carbocycles. The topological polar surface area (TPSA) is 9.23 Å². The predicted octanol–water partition coefficient (Wildman–Crippen LogP) is 1.68. The molecule has 9 heavy (non-hydrogen) atoms. The van der Waals surface area contributed by atoms with Crippen molar-refractivity contribution in [1.29, 1.82) is 0 Å². The molecule has 3 aliphatic rings. The average molecular weight is 126 g/mol. The smallest absolute Gasteiger partial charge is 0.0497 e. The Balaban J connectivity index is 1.97. The molecule has 0 aromatic rings. The van der Waals surface area contributed by atoms with E-state index >= 15 is 0 Å². The molecule has 2 unspecified atom stereocenters. The monoisotopic (exact) mass is 126 g/mol. The second kappa shape index (κ2) is 1.98. The van der Waals surface area contributed by atoms with E-state index in [2.05, 4.69) is 6.92 Å². The minimum Gasteiger partial charge on any atom is -0.381 e. The maximum atomic E-state index is 5.36. The normalized spacial score (nSPS) is 48.3. The fraction of sp³-hybridized carbons (Fsp3) is 1.00. The van der Waals surface area contributed by atoms with Gasteiger partial charge < -0.3 is 4.74 Å². The van der Waals surface area contributed by atoms with E-state index in [4.69, 9.17) is 4.74 Å². The van der Waals surface area contributed by atoms with Crippen molar-refractivity contribution in [2.24, 2.45) is 17.8 Å². The molecule has 0 radical (unpaired) electrons. The van der Waals surface area contributed by atoms with Crippen LogP contribution in [0.15, 0.2) is 0 Å². The highest BCUT2D eigenvalue weighted by Crippen LogP contribution is 2.45. The molecule has 1 heteroatoms. The van der Waals surface area contributed by atoms with E-state index in [1.54, 1.807) is 0 Å². The van der Waals surface area contributed by atoms with Crippen molar-refractivity contribution in [1.82, 2.24) is 0 Å². The van der Waals surface area contributed by atoms with Crippen LogP contribution in [0.1, 0.15) is 19.8 Å². The van der Waals surface area contributed by atoms with Crippen LogP contribution in [-0.4, -0.2) is 13.2 Å². The third kappa shape index (κ3) is 0.710. The predicted molar refractivity (Wildman–Crippen MR) is 36.2 cm³/mol. The number of ether oxygens (including phenoxy) is 1. The Morgan fingerprint density at radius 3 is 2.33 bits per heavy atom. The second-order valence-electron chi connectivity index (χ2n) is 3.37. The van der Waals surface area contributed by atoms with E-state index in [0.717, 1.165) is 31.0 Å². The highest BCUT2D eigenvalue weighted by atomic mass is 16.5. The number of hydrogen-bond acceptors (Lipinski definition) is 1. The molecular weight excluding hydrogens is 112 g/mol. The maximum Gasteiger partial charge on any atom is 0.0497 e. The fourth-order valence-electron chi connectivity index (χ4n) is 2.35. The molecule has 0 N–H and O–H groups in total. The summed E-state index contributed by atoms with van der Waals surface area (Å²) in [6.07, 6.45) is 2.83. The first-order valence-electron chi connectivity index (χ1n) is 3.99. The lowest BCUT2D eigenvalue weighted by Gasteiger charge is -2.48. The van der Waals surface area contributed by atoms with Gasteiger partial charge in [0.25, 0.3) is 0 Å². The Bertz CT molecular complexity index is 97.1. The van der Waals surface area contributed by atoms with Crippen molar-refractivity contribution in [3.05, 3.63) is 0 Å². The summed E-state index contributed by atoms with van der Waals surface area (Å²) in [7, 11) is 0. The Labute approximate surface area is 56.4 Å². The minimum atomic E-state index is 0.939. The van der Waals surface area contributed by atoms with Gasteiger partial charge in [-0.15, -0.1) is 0 Å². The van der Waals surface area contributed by atoms with Gasteiger partial charge in [0.2, 0.25) is 0 Å². The van der Waals surface area contributed by atoms with Crippen LogP contribution in [0.5, 0.6) is 0 Å². The lowest BCUT2D eigenvalue weighted by molar-refractivity contribution is -0.114. The Hall–Kier alpha value is -0.0400. The highest BCUT2D eigenvalue weighted by Gasteiger charge is 2.42. The van der Waals surface area contributed by atoms with Gasteiger partial charge in [-0.3, -0.25) is 0 Å². The van der Waals surface area contributed by atoms with E-state index in [0.29, 0.717) is 0 Å². The molecule has 0 spiro atoms. The number of rotatable bonds is 1. The third-order valence-electron chi connectivity index (χ3n) is 2.95. The molecule has 0 aromatic heterocycles. The SMILES string of the molecule is CCC1C2COCC1C2. The first-order chi connectivity index (χ1) is 4.42. The van der Waals surface area contributed by atoms with E-state index in [-0.39, 0.29) is 0 Å². The highest BCUT2D eigenvalue weighted by molar-refractivity contribution is 4.91. The Morgan fingerprint density at radius 2 is 2.00 bits per heavy atom. The molecule has 2 heterocycles. The quantitative estimate of drug-likeness (QED) is 0.519. The van der Waals surface area contributed by atoms with Crippen LogP contribution in [-0.2, 0) is 4.74 Å². The summed E-state index contributed by atoms with van der Waals surface area (Å²) in [5, 5.41) is 0. The van der Waals surface area contributed by atoms with Crippen LogP contribution in [0.3, 0.4) is 0 Å². The second-order valence-corrected chi connectivity index (χ2v) is 3.37. The average Bonchev–Trinajstić information content (AvgIpc) is 1.90. The molecule has 1 aliphatic carbocycles. The van der Waals surface area contributed by atoms with Gasteiger partial charge in [0.05, 0.1) is 0 Å². The molecule has 1 nitrogen and oxygen atoms in total. The van der Waals surface area contributed by atoms with Crippen LogP contribution in [0.4, 0.5) is 0 Å². The first kappa shape index (κ1) is 5.72. The van der Waals surface area contributed by atoms with Crippen molar-refractivity contribution in [2.75, 3.05) is 13.2 Å². The summed E-state index contributed by atoms with van der Waals surface area (Å²) in [6, 6.07) is 0. The molecule has 3 fully saturated rings. The number of hydrogen-bond donors (Lipinski definition) is 0. The molecule has 0 amide bonds. The van der Waals surface area contributed by atoms with Crippen molar-refractivity contribution < 1.29 is 4.74 Å². The third-order valence-corrected chi connectivity index (χ3v) is 2.95. The summed E-state index contributed by atoms with van der Waals surface area (Å²) < 4.78 is 5.36. The van der Waals surface area contributed by atoms with Crippen LogP contribution in [0.2, 0.25) is 0 Å². The summed E-state index contributed by atoms with van der Waals surface area (Å²) in [5.41, 5.74) is 0. The molecule has 2 saturated heterocycles. The number of fused-ring (bicyclic) bond motifs is 2. The van der Waals surface area contributed by atoms with Gasteiger partial charge in [0, 0.05) is 13.2 Å².